The summed E-state index contributed by atoms with van der Waals surface area (Å²) in [5.41, 5.74) is 3.24. The summed E-state index contributed by atoms with van der Waals surface area (Å²) < 4.78 is 1.64. The van der Waals surface area contributed by atoms with Crippen molar-refractivity contribution in [1.29, 1.82) is 0 Å². The van der Waals surface area contributed by atoms with Crippen LogP contribution in [0.25, 0.3) is 16.7 Å². The normalized spacial score (nSPS) is 17.6. The van der Waals surface area contributed by atoms with Gasteiger partial charge in [-0.05, 0) is 37.0 Å². The van der Waals surface area contributed by atoms with Crippen LogP contribution >= 0.6 is 0 Å². The predicted octanol–water partition coefficient (Wildman–Crippen LogP) is 2.70. The number of H-pyrrole nitrogens is 1. The molecule has 7 heteroatoms. The van der Waals surface area contributed by atoms with E-state index >= 15 is 0 Å². The van der Waals surface area contributed by atoms with E-state index in [4.69, 9.17) is 0 Å². The van der Waals surface area contributed by atoms with E-state index in [-0.39, 0.29) is 5.91 Å². The second-order valence-corrected chi connectivity index (χ2v) is 7.11. The first-order valence-corrected chi connectivity index (χ1v) is 9.29. The van der Waals surface area contributed by atoms with Gasteiger partial charge in [-0.2, -0.15) is 5.10 Å². The first-order valence-electron chi connectivity index (χ1n) is 9.29. The summed E-state index contributed by atoms with van der Waals surface area (Å²) in [4.78, 5) is 27.3. The van der Waals surface area contributed by atoms with Crippen molar-refractivity contribution in [3.63, 3.8) is 0 Å². The summed E-state index contributed by atoms with van der Waals surface area (Å²) in [5.74, 6) is 1.41. The molecule has 27 heavy (non-hydrogen) atoms. The molecule has 0 spiro atoms. The van der Waals surface area contributed by atoms with E-state index in [0.717, 1.165) is 49.2 Å². The van der Waals surface area contributed by atoms with Crippen LogP contribution in [-0.2, 0) is 6.42 Å². The number of para-hydroxylation sites is 2. The molecular weight excluding hydrogens is 340 g/mol. The van der Waals surface area contributed by atoms with Crippen LogP contribution in [0.2, 0.25) is 0 Å². The molecule has 4 aromatic rings. The average Bonchev–Trinajstić information content (AvgIpc) is 3.31. The molecule has 1 aliphatic rings. The number of nitrogens with one attached hydrogen (secondary N) is 1. The number of aromatic amines is 1. The van der Waals surface area contributed by atoms with Crippen molar-refractivity contribution in [3.8, 4) is 0 Å². The van der Waals surface area contributed by atoms with Crippen LogP contribution in [0.1, 0.15) is 29.0 Å². The quantitative estimate of drug-likeness (QED) is 0.609. The van der Waals surface area contributed by atoms with Crippen molar-refractivity contribution in [1.82, 2.24) is 29.5 Å². The van der Waals surface area contributed by atoms with Crippen molar-refractivity contribution in [2.24, 2.45) is 5.92 Å². The Morgan fingerprint density at radius 2 is 2.19 bits per heavy atom. The van der Waals surface area contributed by atoms with Crippen molar-refractivity contribution >= 4 is 22.6 Å². The van der Waals surface area contributed by atoms with Gasteiger partial charge in [0.05, 0.1) is 17.2 Å². The van der Waals surface area contributed by atoms with Crippen molar-refractivity contribution < 1.29 is 4.79 Å². The lowest BCUT2D eigenvalue weighted by Gasteiger charge is -2.32. The first-order chi connectivity index (χ1) is 13.3. The van der Waals surface area contributed by atoms with Crippen LogP contribution < -0.4 is 0 Å². The third kappa shape index (κ3) is 2.95. The lowest BCUT2D eigenvalue weighted by Crippen LogP contribution is -2.40. The highest BCUT2D eigenvalue weighted by atomic mass is 16.2. The van der Waals surface area contributed by atoms with E-state index in [2.05, 4.69) is 20.1 Å². The molecule has 1 N–H and O–H groups in total. The molecule has 0 aliphatic carbocycles. The molecular formula is C20H20N6O. The van der Waals surface area contributed by atoms with Gasteiger partial charge in [0.25, 0.3) is 5.91 Å². The average molecular weight is 360 g/mol. The largest absolute Gasteiger partial charge is 0.342 e. The third-order valence-corrected chi connectivity index (χ3v) is 5.24. The van der Waals surface area contributed by atoms with Crippen molar-refractivity contribution in [2.75, 3.05) is 13.1 Å². The number of nitrogens with zero attached hydrogens (tertiary/aromatic N) is 5. The van der Waals surface area contributed by atoms with Crippen molar-refractivity contribution in [2.45, 2.75) is 19.3 Å². The maximum absolute atomic E-state index is 13.0. The predicted molar refractivity (Wildman–Crippen MR) is 101 cm³/mol. The molecule has 0 bridgehead atoms. The zero-order valence-electron chi connectivity index (χ0n) is 14.9. The summed E-state index contributed by atoms with van der Waals surface area (Å²) in [6, 6.07) is 9.87. The Labute approximate surface area is 156 Å². The number of rotatable bonds is 3. The Hall–Kier alpha value is -3.22. The van der Waals surface area contributed by atoms with E-state index < -0.39 is 0 Å². The number of hydrogen-bond acceptors (Lipinski definition) is 4. The molecule has 1 atom stereocenters. The lowest BCUT2D eigenvalue weighted by atomic mass is 9.94. The Balaban J connectivity index is 1.33. The molecule has 5 rings (SSSR count). The summed E-state index contributed by atoms with van der Waals surface area (Å²) in [7, 11) is 0. The van der Waals surface area contributed by atoms with E-state index in [1.165, 1.54) is 0 Å². The number of carbonyl (C=O) groups is 1. The molecule has 1 fully saturated rings. The van der Waals surface area contributed by atoms with Crippen LogP contribution in [-0.4, -0.2) is 48.5 Å². The summed E-state index contributed by atoms with van der Waals surface area (Å²) in [6.07, 6.45) is 8.07. The van der Waals surface area contributed by atoms with Crippen LogP contribution in [0.15, 0.2) is 48.9 Å². The smallest absolute Gasteiger partial charge is 0.259 e. The van der Waals surface area contributed by atoms with E-state index in [0.29, 0.717) is 17.1 Å². The number of aromatic nitrogens is 5. The fraction of sp³-hybridized carbons (Fsp3) is 0.300. The minimum absolute atomic E-state index is 0.0120. The second kappa shape index (κ2) is 6.50. The number of carbonyl (C=O) groups excluding carboxylic acids is 1. The maximum atomic E-state index is 13.0. The van der Waals surface area contributed by atoms with Gasteiger partial charge in [-0.1, -0.05) is 12.1 Å². The zero-order valence-corrected chi connectivity index (χ0v) is 14.9. The number of benzene rings is 1. The summed E-state index contributed by atoms with van der Waals surface area (Å²) in [6.45, 7) is 1.51. The maximum Gasteiger partial charge on any atom is 0.259 e. The molecule has 3 aromatic heterocycles. The molecule has 7 nitrogen and oxygen atoms in total. The van der Waals surface area contributed by atoms with Crippen LogP contribution in [0.4, 0.5) is 0 Å². The number of piperidine rings is 1. The standard InChI is InChI=1S/C20H20N6O/c27-20(15-12-22-26-10-4-8-21-19(15)26)25-9-3-5-14(13-25)11-18-23-16-6-1-2-7-17(16)24-18/h1-2,4,6-8,10,12,14H,3,5,9,11,13H2,(H,23,24)/t14-/m0/s1. The Kier molecular flexibility index (Phi) is 3.85. The first kappa shape index (κ1) is 16.0. The SMILES string of the molecule is O=C(c1cnn2cccnc12)N1CCC[C@@H](Cc2nc3ccccc3[nH]2)C1. The minimum Gasteiger partial charge on any atom is -0.342 e. The molecule has 1 aliphatic heterocycles. The van der Waals surface area contributed by atoms with E-state index in [1.807, 2.05) is 29.2 Å². The van der Waals surface area contributed by atoms with Gasteiger partial charge in [0.15, 0.2) is 5.65 Å². The number of amides is 1. The summed E-state index contributed by atoms with van der Waals surface area (Å²) in [5, 5.41) is 4.24. The van der Waals surface area contributed by atoms with Crippen LogP contribution in [0, 0.1) is 5.92 Å². The van der Waals surface area contributed by atoms with Gasteiger partial charge in [-0.3, -0.25) is 4.79 Å². The lowest BCUT2D eigenvalue weighted by molar-refractivity contribution is 0.0674. The Bertz CT molecular complexity index is 1080. The number of hydrogen-bond donors (Lipinski definition) is 1. The highest BCUT2D eigenvalue weighted by Gasteiger charge is 2.27. The molecule has 4 heterocycles. The van der Waals surface area contributed by atoms with Gasteiger partial charge in [0.2, 0.25) is 0 Å². The van der Waals surface area contributed by atoms with Gasteiger partial charge in [0, 0.05) is 31.9 Å². The summed E-state index contributed by atoms with van der Waals surface area (Å²) >= 11 is 0. The molecule has 136 valence electrons. The molecule has 0 saturated carbocycles. The minimum atomic E-state index is 0.0120. The van der Waals surface area contributed by atoms with E-state index in [1.54, 1.807) is 29.2 Å². The molecule has 1 saturated heterocycles. The van der Waals surface area contributed by atoms with Gasteiger partial charge in [-0.25, -0.2) is 14.5 Å². The van der Waals surface area contributed by atoms with Gasteiger partial charge >= 0.3 is 0 Å². The zero-order chi connectivity index (χ0) is 18.2. The fourth-order valence-electron chi connectivity index (χ4n) is 3.94. The van der Waals surface area contributed by atoms with Gasteiger partial charge in [-0.15, -0.1) is 0 Å². The fourth-order valence-corrected chi connectivity index (χ4v) is 3.94. The van der Waals surface area contributed by atoms with Gasteiger partial charge in [0.1, 0.15) is 11.4 Å². The Morgan fingerprint density at radius 1 is 1.26 bits per heavy atom. The van der Waals surface area contributed by atoms with Gasteiger partial charge < -0.3 is 9.88 Å². The number of fused-ring (bicyclic) bond motifs is 2. The highest BCUT2D eigenvalue weighted by Crippen LogP contribution is 2.23. The Morgan fingerprint density at radius 3 is 3.11 bits per heavy atom. The number of imidazole rings is 1. The van der Waals surface area contributed by atoms with E-state index in [9.17, 15) is 4.79 Å². The molecule has 1 aromatic carbocycles. The van der Waals surface area contributed by atoms with Crippen LogP contribution in [0.3, 0.4) is 0 Å². The molecule has 0 radical (unpaired) electrons. The van der Waals surface area contributed by atoms with Crippen LogP contribution in [0.5, 0.6) is 0 Å². The molecule has 1 amide bonds. The highest BCUT2D eigenvalue weighted by molar-refractivity contribution is 5.99. The topological polar surface area (TPSA) is 79.2 Å². The second-order valence-electron chi connectivity index (χ2n) is 7.11. The van der Waals surface area contributed by atoms with Crippen molar-refractivity contribution in [3.05, 3.63) is 60.3 Å². The monoisotopic (exact) mass is 360 g/mol. The third-order valence-electron chi connectivity index (χ3n) is 5.24. The number of likely N-dealkylation sites (tertiary alicyclic amines) is 1. The molecule has 0 unspecified atom stereocenters.